The fourth-order valence-electron chi connectivity index (χ4n) is 5.42. The molecule has 2 heterocycles. The van der Waals surface area contributed by atoms with Gasteiger partial charge in [0.1, 0.15) is 0 Å². The second-order valence-electron chi connectivity index (χ2n) is 8.47. The number of amides is 1. The lowest BCUT2D eigenvalue weighted by Gasteiger charge is -2.48. The van der Waals surface area contributed by atoms with Crippen LogP contribution in [0.4, 0.5) is 0 Å². The maximum absolute atomic E-state index is 12.8. The Hall–Kier alpha value is -0.650. The first-order valence-corrected chi connectivity index (χ1v) is 10.1. The first kappa shape index (κ1) is 16.8. The first-order chi connectivity index (χ1) is 11.7. The summed E-state index contributed by atoms with van der Waals surface area (Å²) in [6, 6.07) is 0. The maximum Gasteiger partial charge on any atom is 0.223 e. The number of carbonyl (C=O) groups is 1. The predicted octanol–water partition coefficient (Wildman–Crippen LogP) is 1.53. The maximum atomic E-state index is 12.8. The Kier molecular flexibility index (Phi) is 4.85. The molecule has 1 unspecified atom stereocenters. The van der Waals surface area contributed by atoms with Crippen molar-refractivity contribution in [1.82, 2.24) is 15.5 Å². The number of nitrogens with zero attached hydrogens (tertiary/aromatic N) is 1. The van der Waals surface area contributed by atoms with Crippen molar-refractivity contribution >= 4 is 5.91 Å². The van der Waals surface area contributed by atoms with Gasteiger partial charge in [-0.25, -0.2) is 0 Å². The number of ether oxygens (including phenoxy) is 1. The Labute approximate surface area is 145 Å². The SMILES string of the molecule is O=C(NCC1(N2CCOCC2)CCCCC1)C1CC12CCNCC2. The van der Waals surface area contributed by atoms with Gasteiger partial charge in [-0.3, -0.25) is 9.69 Å². The third kappa shape index (κ3) is 3.23. The topological polar surface area (TPSA) is 53.6 Å². The molecule has 1 amide bonds. The third-order valence-electron chi connectivity index (χ3n) is 7.16. The highest BCUT2D eigenvalue weighted by Crippen LogP contribution is 2.58. The molecule has 4 aliphatic rings. The van der Waals surface area contributed by atoms with Crippen molar-refractivity contribution in [3.8, 4) is 0 Å². The van der Waals surface area contributed by atoms with Crippen LogP contribution in [0.5, 0.6) is 0 Å². The summed E-state index contributed by atoms with van der Waals surface area (Å²) in [5, 5.41) is 6.80. The van der Waals surface area contributed by atoms with Gasteiger partial charge < -0.3 is 15.4 Å². The molecule has 4 fully saturated rings. The van der Waals surface area contributed by atoms with Crippen LogP contribution in [0.15, 0.2) is 0 Å². The minimum Gasteiger partial charge on any atom is -0.379 e. The highest BCUT2D eigenvalue weighted by molar-refractivity contribution is 5.82. The van der Waals surface area contributed by atoms with Gasteiger partial charge in [0, 0.05) is 31.1 Å². The minimum atomic E-state index is 0.188. The van der Waals surface area contributed by atoms with Crippen molar-refractivity contribution in [2.45, 2.75) is 56.9 Å². The molecule has 5 nitrogen and oxygen atoms in total. The molecular weight excluding hydrogens is 302 g/mol. The summed E-state index contributed by atoms with van der Waals surface area (Å²) < 4.78 is 5.55. The largest absolute Gasteiger partial charge is 0.379 e. The van der Waals surface area contributed by atoms with Gasteiger partial charge in [0.2, 0.25) is 5.91 Å². The summed E-state index contributed by atoms with van der Waals surface area (Å²) in [6.07, 6.45) is 9.88. The van der Waals surface area contributed by atoms with Crippen LogP contribution in [-0.4, -0.2) is 62.3 Å². The van der Waals surface area contributed by atoms with E-state index in [1.54, 1.807) is 0 Å². The predicted molar refractivity (Wildman–Crippen MR) is 93.9 cm³/mol. The summed E-state index contributed by atoms with van der Waals surface area (Å²) in [5.74, 6) is 0.611. The number of hydrogen-bond donors (Lipinski definition) is 2. The lowest BCUT2D eigenvalue weighted by atomic mass is 9.79. The van der Waals surface area contributed by atoms with E-state index < -0.39 is 0 Å². The number of piperidine rings is 1. The van der Waals surface area contributed by atoms with Gasteiger partial charge in [-0.1, -0.05) is 19.3 Å². The zero-order valence-electron chi connectivity index (χ0n) is 14.9. The van der Waals surface area contributed by atoms with E-state index in [1.165, 1.54) is 44.9 Å². The minimum absolute atomic E-state index is 0.188. The first-order valence-electron chi connectivity index (χ1n) is 10.1. The Bertz CT molecular complexity index is 450. The van der Waals surface area contributed by atoms with E-state index >= 15 is 0 Å². The van der Waals surface area contributed by atoms with E-state index in [0.717, 1.165) is 52.4 Å². The fraction of sp³-hybridized carbons (Fsp3) is 0.947. The molecule has 2 aliphatic carbocycles. The van der Waals surface area contributed by atoms with Gasteiger partial charge in [-0.15, -0.1) is 0 Å². The van der Waals surface area contributed by atoms with Crippen LogP contribution in [0.2, 0.25) is 0 Å². The molecule has 4 rings (SSSR count). The van der Waals surface area contributed by atoms with Gasteiger partial charge in [-0.2, -0.15) is 0 Å². The Morgan fingerprint density at radius 3 is 2.50 bits per heavy atom. The average molecular weight is 335 g/mol. The number of carbonyl (C=O) groups excluding carboxylic acids is 1. The van der Waals surface area contributed by atoms with E-state index in [4.69, 9.17) is 4.74 Å². The monoisotopic (exact) mass is 335 g/mol. The molecule has 0 bridgehead atoms. The lowest BCUT2D eigenvalue weighted by molar-refractivity contribution is -0.124. The van der Waals surface area contributed by atoms with Crippen LogP contribution in [-0.2, 0) is 9.53 Å². The van der Waals surface area contributed by atoms with Crippen LogP contribution in [0.1, 0.15) is 51.4 Å². The fourth-order valence-corrected chi connectivity index (χ4v) is 5.42. The quantitative estimate of drug-likeness (QED) is 0.818. The highest BCUT2D eigenvalue weighted by Gasteiger charge is 2.57. The van der Waals surface area contributed by atoms with Crippen LogP contribution < -0.4 is 10.6 Å². The van der Waals surface area contributed by atoms with Crippen LogP contribution in [0.25, 0.3) is 0 Å². The van der Waals surface area contributed by atoms with E-state index in [1.807, 2.05) is 0 Å². The van der Waals surface area contributed by atoms with E-state index in [-0.39, 0.29) is 11.5 Å². The molecule has 0 aromatic rings. The van der Waals surface area contributed by atoms with Gasteiger partial charge >= 0.3 is 0 Å². The average Bonchev–Trinajstić information content (AvgIpc) is 3.35. The van der Waals surface area contributed by atoms with Crippen molar-refractivity contribution in [3.63, 3.8) is 0 Å². The van der Waals surface area contributed by atoms with E-state index in [9.17, 15) is 4.79 Å². The summed E-state index contributed by atoms with van der Waals surface area (Å²) in [4.78, 5) is 15.4. The molecule has 2 saturated carbocycles. The number of nitrogens with one attached hydrogen (secondary N) is 2. The normalized spacial score (nSPS) is 32.4. The standard InChI is InChI=1S/C19H33N3O2/c23-17(16-14-18(16)6-8-20-9-7-18)21-15-19(4-2-1-3-5-19)22-10-12-24-13-11-22/h16,20H,1-15H2,(H,21,23). The molecule has 5 heteroatoms. The van der Waals surface area contributed by atoms with Gasteiger partial charge in [0.15, 0.2) is 0 Å². The van der Waals surface area contributed by atoms with E-state index in [2.05, 4.69) is 15.5 Å². The second kappa shape index (κ2) is 6.93. The highest BCUT2D eigenvalue weighted by atomic mass is 16.5. The smallest absolute Gasteiger partial charge is 0.223 e. The second-order valence-corrected chi connectivity index (χ2v) is 8.47. The number of hydrogen-bond acceptors (Lipinski definition) is 4. The summed E-state index contributed by atoms with van der Waals surface area (Å²) in [7, 11) is 0. The third-order valence-corrected chi connectivity index (χ3v) is 7.16. The molecule has 0 aromatic carbocycles. The lowest BCUT2D eigenvalue weighted by Crippen LogP contribution is -2.59. The molecule has 2 saturated heterocycles. The molecule has 2 aliphatic heterocycles. The molecule has 2 N–H and O–H groups in total. The molecule has 0 aromatic heterocycles. The zero-order chi connectivity index (χ0) is 16.5. The van der Waals surface area contributed by atoms with Gasteiger partial charge in [0.05, 0.1) is 13.2 Å². The summed E-state index contributed by atoms with van der Waals surface area (Å²) in [5.41, 5.74) is 0.530. The van der Waals surface area contributed by atoms with Gasteiger partial charge in [0.25, 0.3) is 0 Å². The Morgan fingerprint density at radius 1 is 1.08 bits per heavy atom. The molecule has 136 valence electrons. The van der Waals surface area contributed by atoms with Crippen LogP contribution in [0.3, 0.4) is 0 Å². The number of rotatable bonds is 4. The Morgan fingerprint density at radius 2 is 1.79 bits per heavy atom. The molecule has 1 spiro atoms. The van der Waals surface area contributed by atoms with E-state index in [0.29, 0.717) is 11.3 Å². The summed E-state index contributed by atoms with van der Waals surface area (Å²) >= 11 is 0. The summed E-state index contributed by atoms with van der Waals surface area (Å²) in [6.45, 7) is 6.74. The van der Waals surface area contributed by atoms with Crippen molar-refractivity contribution in [2.24, 2.45) is 11.3 Å². The molecule has 0 radical (unpaired) electrons. The van der Waals surface area contributed by atoms with Crippen LogP contribution >= 0.6 is 0 Å². The molecule has 24 heavy (non-hydrogen) atoms. The van der Waals surface area contributed by atoms with Crippen molar-refractivity contribution in [3.05, 3.63) is 0 Å². The molecular formula is C19H33N3O2. The van der Waals surface area contributed by atoms with Crippen molar-refractivity contribution < 1.29 is 9.53 Å². The van der Waals surface area contributed by atoms with Crippen LogP contribution in [0, 0.1) is 11.3 Å². The number of morpholine rings is 1. The Balaban J connectivity index is 1.35. The molecule has 1 atom stereocenters. The van der Waals surface area contributed by atoms with Crippen molar-refractivity contribution in [2.75, 3.05) is 45.9 Å². The van der Waals surface area contributed by atoms with Crippen molar-refractivity contribution in [1.29, 1.82) is 0 Å². The zero-order valence-corrected chi connectivity index (χ0v) is 14.9. The van der Waals surface area contributed by atoms with Gasteiger partial charge in [-0.05, 0) is 50.6 Å².